The molecule has 156 valence electrons. The molecule has 4 atom stereocenters. The zero-order valence-electron chi connectivity index (χ0n) is 13.3. The van der Waals surface area contributed by atoms with Crippen LogP contribution in [0, 0.1) is 0 Å². The van der Waals surface area contributed by atoms with Crippen molar-refractivity contribution in [1.82, 2.24) is 4.98 Å². The zero-order valence-corrected chi connectivity index (χ0v) is 14.1. The molecule has 0 saturated carbocycles. The summed E-state index contributed by atoms with van der Waals surface area (Å²) in [6.07, 6.45) is -1.73. The summed E-state index contributed by atoms with van der Waals surface area (Å²) in [5.74, 6) is -0.442. The molecule has 27 heavy (non-hydrogen) atoms. The van der Waals surface area contributed by atoms with E-state index in [4.69, 9.17) is 39.1 Å². The van der Waals surface area contributed by atoms with E-state index in [0.717, 1.165) is 0 Å². The van der Waals surface area contributed by atoms with Crippen LogP contribution < -0.4 is 5.73 Å². The highest BCUT2D eigenvalue weighted by Gasteiger charge is 2.44. The fraction of sp³-hybridized carbons (Fsp3) is 0.500. The minimum atomic E-state index is -5.84. The summed E-state index contributed by atoms with van der Waals surface area (Å²) < 4.78 is 62.1. The molecule has 0 spiro atoms. The van der Waals surface area contributed by atoms with E-state index in [9.17, 15) is 18.0 Å². The molecule has 7 N–H and O–H groups in total. The molecule has 2 heterocycles. The number of amides is 1. The Morgan fingerprint density at radius 3 is 1.96 bits per heavy atom. The minimum Gasteiger partial charge on any atom is -0.394 e. The van der Waals surface area contributed by atoms with Gasteiger partial charge in [-0.15, -0.1) is 0 Å². The number of alkyl halides is 3. The Bertz CT molecular complexity index is 687. The average Bonchev–Trinajstić information content (AvgIpc) is 2.82. The molecule has 0 aliphatic carbocycles. The highest BCUT2D eigenvalue weighted by atomic mass is 32.2. The number of aliphatic hydroxyl groups excluding tert-OH is 4. The van der Waals surface area contributed by atoms with Crippen molar-refractivity contribution in [1.29, 1.82) is 0 Å². The lowest BCUT2D eigenvalue weighted by Crippen LogP contribution is -2.33. The molecule has 1 amide bonds. The van der Waals surface area contributed by atoms with Crippen LogP contribution in [0.2, 0.25) is 0 Å². The van der Waals surface area contributed by atoms with E-state index >= 15 is 0 Å². The lowest BCUT2D eigenvalue weighted by Gasteiger charge is -2.09. The van der Waals surface area contributed by atoms with Crippen LogP contribution in [0.1, 0.15) is 10.4 Å². The largest absolute Gasteiger partial charge is 0.522 e. The molecule has 15 heteroatoms. The van der Waals surface area contributed by atoms with Gasteiger partial charge in [-0.25, -0.2) is 0 Å². The van der Waals surface area contributed by atoms with Crippen molar-refractivity contribution in [3.63, 3.8) is 0 Å². The van der Waals surface area contributed by atoms with E-state index in [2.05, 4.69) is 9.72 Å². The first kappa shape index (κ1) is 25.1. The molecule has 0 radical (unpaired) electrons. The Labute approximate surface area is 150 Å². The normalized spacial score (nSPS) is 24.9. The SMILES string of the molecule is NC(=O)c1cccnc1.O=S(=O)(O)C(F)(F)F.OC[C@H]1O[C@@H](O)[C@H](O)[C@@H]1O. The average molecular weight is 422 g/mol. The van der Waals surface area contributed by atoms with E-state index in [1.807, 2.05) is 0 Å². The Morgan fingerprint density at radius 1 is 1.26 bits per heavy atom. The van der Waals surface area contributed by atoms with Gasteiger partial charge in [-0.05, 0) is 12.1 Å². The lowest BCUT2D eigenvalue weighted by atomic mass is 10.1. The van der Waals surface area contributed by atoms with Crippen molar-refractivity contribution in [3.8, 4) is 0 Å². The molecule has 0 aromatic carbocycles. The van der Waals surface area contributed by atoms with Gasteiger partial charge in [0, 0.05) is 12.4 Å². The number of aliphatic hydroxyl groups is 4. The highest BCUT2D eigenvalue weighted by molar-refractivity contribution is 7.86. The molecule has 0 bridgehead atoms. The predicted molar refractivity (Wildman–Crippen MR) is 80.3 cm³/mol. The van der Waals surface area contributed by atoms with Gasteiger partial charge in [0.25, 0.3) is 0 Å². The number of nitrogens with zero attached hydrogens (tertiary/aromatic N) is 1. The predicted octanol–water partition coefficient (Wildman–Crippen LogP) is -2.01. The second-order valence-corrected chi connectivity index (χ2v) is 6.17. The van der Waals surface area contributed by atoms with Crippen LogP contribution in [0.25, 0.3) is 0 Å². The molecule has 1 aromatic rings. The quantitative estimate of drug-likeness (QED) is 0.228. The highest BCUT2D eigenvalue weighted by Crippen LogP contribution is 2.20. The van der Waals surface area contributed by atoms with Crippen molar-refractivity contribution < 1.29 is 56.1 Å². The second kappa shape index (κ2) is 10.5. The molecule has 1 fully saturated rings. The zero-order chi connectivity index (χ0) is 21.4. The van der Waals surface area contributed by atoms with Gasteiger partial charge in [-0.3, -0.25) is 14.3 Å². The van der Waals surface area contributed by atoms with Crippen molar-refractivity contribution in [2.75, 3.05) is 6.61 Å². The van der Waals surface area contributed by atoms with E-state index in [-0.39, 0.29) is 0 Å². The lowest BCUT2D eigenvalue weighted by molar-refractivity contribution is -0.132. The van der Waals surface area contributed by atoms with Gasteiger partial charge in [0.1, 0.15) is 18.3 Å². The molecule has 1 aliphatic heterocycles. The maximum Gasteiger partial charge on any atom is 0.522 e. The third-order valence-corrected chi connectivity index (χ3v) is 3.34. The molecule has 1 saturated heterocycles. The number of carbonyl (C=O) groups excluding carboxylic acids is 1. The van der Waals surface area contributed by atoms with Crippen LogP contribution in [0.15, 0.2) is 24.5 Å². The van der Waals surface area contributed by atoms with E-state index in [0.29, 0.717) is 5.56 Å². The van der Waals surface area contributed by atoms with Crippen molar-refractivity contribution in [3.05, 3.63) is 30.1 Å². The van der Waals surface area contributed by atoms with Gasteiger partial charge >= 0.3 is 15.6 Å². The number of ether oxygens (including phenoxy) is 1. The van der Waals surface area contributed by atoms with Gasteiger partial charge in [-0.2, -0.15) is 21.6 Å². The van der Waals surface area contributed by atoms with Crippen LogP contribution >= 0.6 is 0 Å². The molecular formula is C12H17F3N2O9S. The van der Waals surface area contributed by atoms with E-state index in [1.165, 1.54) is 6.20 Å². The third kappa shape index (κ3) is 8.57. The van der Waals surface area contributed by atoms with Gasteiger partial charge in [0.2, 0.25) is 5.91 Å². The molecule has 1 aliphatic rings. The summed E-state index contributed by atoms with van der Waals surface area (Å²) in [6.45, 7) is -0.407. The van der Waals surface area contributed by atoms with E-state index < -0.39 is 52.7 Å². The van der Waals surface area contributed by atoms with Crippen LogP contribution in [-0.4, -0.2) is 81.0 Å². The number of carbonyl (C=O) groups is 1. The summed E-state index contributed by atoms with van der Waals surface area (Å²) >= 11 is 0. The second-order valence-electron chi connectivity index (χ2n) is 4.76. The summed E-state index contributed by atoms with van der Waals surface area (Å²) in [7, 11) is -5.84. The van der Waals surface area contributed by atoms with Crippen LogP contribution in [0.3, 0.4) is 0 Å². The maximum atomic E-state index is 10.7. The Morgan fingerprint density at radius 2 is 1.78 bits per heavy atom. The maximum absolute atomic E-state index is 10.7. The van der Waals surface area contributed by atoms with Crippen molar-refractivity contribution in [2.24, 2.45) is 5.73 Å². The number of hydrogen-bond donors (Lipinski definition) is 6. The number of aromatic nitrogens is 1. The smallest absolute Gasteiger partial charge is 0.394 e. The standard InChI is InChI=1S/C6H6N2O.C5H10O5.CHF3O3S/c7-6(9)5-2-1-3-8-4-5;6-1-2-3(7)4(8)5(9)10-2;2-1(3,4)8(5,6)7/h1-4H,(H2,7,9);2-9H,1H2;(H,5,6,7)/t;2-,3-,4-,5-;/m.1./s1. The number of halogens is 3. The topological polar surface area (TPSA) is 200 Å². The van der Waals surface area contributed by atoms with Crippen LogP contribution in [0.4, 0.5) is 13.2 Å². The number of rotatable bonds is 2. The minimum absolute atomic E-state index is 0.407. The van der Waals surface area contributed by atoms with Gasteiger partial charge in [0.15, 0.2) is 6.29 Å². The Balaban J connectivity index is 0.000000379. The van der Waals surface area contributed by atoms with Crippen molar-refractivity contribution in [2.45, 2.75) is 30.1 Å². The van der Waals surface area contributed by atoms with Gasteiger partial charge in [-0.1, -0.05) is 0 Å². The molecular weight excluding hydrogens is 405 g/mol. The number of primary amides is 1. The summed E-state index contributed by atoms with van der Waals surface area (Å²) in [5.41, 5.74) is -0.158. The first-order valence-electron chi connectivity index (χ1n) is 6.76. The van der Waals surface area contributed by atoms with Gasteiger partial charge in [0.05, 0.1) is 12.2 Å². The number of pyridine rings is 1. The molecule has 11 nitrogen and oxygen atoms in total. The van der Waals surface area contributed by atoms with Crippen LogP contribution in [-0.2, 0) is 14.9 Å². The number of hydrogen-bond acceptors (Lipinski definition) is 9. The first-order valence-corrected chi connectivity index (χ1v) is 8.20. The Kier molecular flexibility index (Phi) is 9.73. The fourth-order valence-corrected chi connectivity index (χ4v) is 1.39. The monoisotopic (exact) mass is 422 g/mol. The molecule has 2 rings (SSSR count). The van der Waals surface area contributed by atoms with Gasteiger partial charge < -0.3 is 30.9 Å². The summed E-state index contributed by atoms with van der Waals surface area (Å²) in [5, 5.41) is 35.0. The summed E-state index contributed by atoms with van der Waals surface area (Å²) in [4.78, 5) is 14.1. The molecule has 1 aromatic heterocycles. The molecule has 0 unspecified atom stereocenters. The first-order chi connectivity index (χ1) is 12.2. The fourth-order valence-electron chi connectivity index (χ4n) is 1.39. The van der Waals surface area contributed by atoms with Crippen LogP contribution in [0.5, 0.6) is 0 Å². The summed E-state index contributed by atoms with van der Waals surface area (Å²) in [6, 6.07) is 3.29. The van der Waals surface area contributed by atoms with E-state index in [1.54, 1.807) is 18.3 Å². The third-order valence-electron chi connectivity index (χ3n) is 2.76. The van der Waals surface area contributed by atoms with Crippen molar-refractivity contribution >= 4 is 16.0 Å². The Hall–Kier alpha value is -1.88. The number of nitrogens with two attached hydrogens (primary N) is 1.